The second kappa shape index (κ2) is 4.34. The predicted molar refractivity (Wildman–Crippen MR) is 72.7 cm³/mol. The van der Waals surface area contributed by atoms with Gasteiger partial charge in [0.25, 0.3) is 0 Å². The lowest BCUT2D eigenvalue weighted by Crippen LogP contribution is -2.41. The third-order valence-electron chi connectivity index (χ3n) is 3.93. The van der Waals surface area contributed by atoms with Gasteiger partial charge in [-0.1, -0.05) is 0 Å². The number of nitrogens with one attached hydrogen (secondary N) is 1. The molecule has 98 valence electrons. The number of hydrogen-bond donors (Lipinski definition) is 2. The SMILES string of the molecule is CC1(Nc2ccc(N)c(OCC3CC3)n2)CCC1. The van der Waals surface area contributed by atoms with Gasteiger partial charge in [-0.3, -0.25) is 0 Å². The van der Waals surface area contributed by atoms with E-state index in [0.717, 1.165) is 12.4 Å². The molecule has 2 aliphatic rings. The maximum atomic E-state index is 5.89. The van der Waals surface area contributed by atoms with Crippen LogP contribution >= 0.6 is 0 Å². The Morgan fingerprint density at radius 2 is 2.22 bits per heavy atom. The highest BCUT2D eigenvalue weighted by Crippen LogP contribution is 2.35. The Hall–Kier alpha value is -1.45. The minimum atomic E-state index is 0.205. The van der Waals surface area contributed by atoms with E-state index < -0.39 is 0 Å². The lowest BCUT2D eigenvalue weighted by molar-refractivity contribution is 0.288. The maximum absolute atomic E-state index is 5.89. The zero-order valence-electron chi connectivity index (χ0n) is 10.9. The van der Waals surface area contributed by atoms with Crippen molar-refractivity contribution in [2.75, 3.05) is 17.7 Å². The molecule has 2 fully saturated rings. The van der Waals surface area contributed by atoms with Crippen LogP contribution in [0.3, 0.4) is 0 Å². The summed E-state index contributed by atoms with van der Waals surface area (Å²) in [5, 5.41) is 3.48. The van der Waals surface area contributed by atoms with Crippen LogP contribution in [0.4, 0.5) is 11.5 Å². The number of aromatic nitrogens is 1. The van der Waals surface area contributed by atoms with Gasteiger partial charge in [0.05, 0.1) is 12.3 Å². The van der Waals surface area contributed by atoms with Gasteiger partial charge in [0.2, 0.25) is 5.88 Å². The highest BCUT2D eigenvalue weighted by atomic mass is 16.5. The average molecular weight is 247 g/mol. The zero-order valence-corrected chi connectivity index (χ0v) is 10.9. The number of rotatable bonds is 5. The number of pyridine rings is 1. The molecular formula is C14H21N3O. The van der Waals surface area contributed by atoms with Crippen LogP contribution < -0.4 is 15.8 Å². The van der Waals surface area contributed by atoms with E-state index in [-0.39, 0.29) is 5.54 Å². The quantitative estimate of drug-likeness (QED) is 0.840. The lowest BCUT2D eigenvalue weighted by atomic mass is 9.78. The van der Waals surface area contributed by atoms with Gasteiger partial charge in [-0.05, 0) is 57.1 Å². The topological polar surface area (TPSA) is 60.2 Å². The molecule has 1 heterocycles. The van der Waals surface area contributed by atoms with Crippen molar-refractivity contribution in [2.24, 2.45) is 5.92 Å². The summed E-state index contributed by atoms with van der Waals surface area (Å²) in [4.78, 5) is 4.48. The molecule has 0 spiro atoms. The van der Waals surface area contributed by atoms with Crippen LogP contribution in [0.5, 0.6) is 5.88 Å². The summed E-state index contributed by atoms with van der Waals surface area (Å²) in [6.07, 6.45) is 6.25. The van der Waals surface area contributed by atoms with Gasteiger partial charge in [-0.25, -0.2) is 0 Å². The largest absolute Gasteiger partial charge is 0.476 e. The van der Waals surface area contributed by atoms with Crippen LogP contribution in [0.25, 0.3) is 0 Å². The first-order chi connectivity index (χ1) is 8.65. The van der Waals surface area contributed by atoms with Gasteiger partial charge < -0.3 is 15.8 Å². The van der Waals surface area contributed by atoms with Gasteiger partial charge in [-0.15, -0.1) is 0 Å². The number of anilines is 2. The molecule has 0 aliphatic heterocycles. The zero-order chi connectivity index (χ0) is 12.6. The monoisotopic (exact) mass is 247 g/mol. The Morgan fingerprint density at radius 1 is 1.44 bits per heavy atom. The molecule has 4 nitrogen and oxygen atoms in total. The van der Waals surface area contributed by atoms with Crippen molar-refractivity contribution in [2.45, 2.75) is 44.6 Å². The number of nitrogens with zero attached hydrogens (tertiary/aromatic N) is 1. The van der Waals surface area contributed by atoms with Crippen molar-refractivity contribution in [3.8, 4) is 5.88 Å². The Labute approximate surface area is 108 Å². The van der Waals surface area contributed by atoms with E-state index >= 15 is 0 Å². The molecule has 0 aromatic carbocycles. The van der Waals surface area contributed by atoms with Gasteiger partial charge in [-0.2, -0.15) is 4.98 Å². The van der Waals surface area contributed by atoms with Crippen LogP contribution in [-0.4, -0.2) is 17.1 Å². The van der Waals surface area contributed by atoms with E-state index in [1.807, 2.05) is 12.1 Å². The van der Waals surface area contributed by atoms with E-state index in [9.17, 15) is 0 Å². The summed E-state index contributed by atoms with van der Waals surface area (Å²) >= 11 is 0. The molecule has 0 atom stereocenters. The Morgan fingerprint density at radius 3 is 2.83 bits per heavy atom. The first-order valence-electron chi connectivity index (χ1n) is 6.82. The average Bonchev–Trinajstić information content (AvgIpc) is 3.12. The Balaban J connectivity index is 1.68. The fourth-order valence-corrected chi connectivity index (χ4v) is 2.26. The smallest absolute Gasteiger partial charge is 0.239 e. The van der Waals surface area contributed by atoms with Crippen LogP contribution in [0, 0.1) is 5.92 Å². The summed E-state index contributed by atoms with van der Waals surface area (Å²) < 4.78 is 5.69. The van der Waals surface area contributed by atoms with Crippen molar-refractivity contribution in [3.05, 3.63) is 12.1 Å². The molecular weight excluding hydrogens is 226 g/mol. The van der Waals surface area contributed by atoms with E-state index in [0.29, 0.717) is 17.5 Å². The Kier molecular flexibility index (Phi) is 2.80. The molecule has 0 saturated heterocycles. The van der Waals surface area contributed by atoms with E-state index in [4.69, 9.17) is 10.5 Å². The second-order valence-corrected chi connectivity index (χ2v) is 5.88. The third-order valence-corrected chi connectivity index (χ3v) is 3.93. The van der Waals surface area contributed by atoms with Gasteiger partial charge >= 0.3 is 0 Å². The summed E-state index contributed by atoms with van der Waals surface area (Å²) in [6, 6.07) is 3.81. The fraction of sp³-hybridized carbons (Fsp3) is 0.643. The third kappa shape index (κ3) is 2.52. The molecule has 0 unspecified atom stereocenters. The molecule has 4 heteroatoms. The summed E-state index contributed by atoms with van der Waals surface area (Å²) in [5.74, 6) is 2.17. The second-order valence-electron chi connectivity index (χ2n) is 5.88. The fourth-order valence-electron chi connectivity index (χ4n) is 2.26. The van der Waals surface area contributed by atoms with Crippen LogP contribution in [-0.2, 0) is 0 Å². The Bertz CT molecular complexity index is 439. The molecule has 2 aliphatic carbocycles. The molecule has 2 saturated carbocycles. The molecule has 1 aromatic rings. The van der Waals surface area contributed by atoms with Crippen molar-refractivity contribution >= 4 is 11.5 Å². The summed E-state index contributed by atoms with van der Waals surface area (Å²) in [6.45, 7) is 2.98. The summed E-state index contributed by atoms with van der Waals surface area (Å²) in [7, 11) is 0. The van der Waals surface area contributed by atoms with Gasteiger partial charge in [0.1, 0.15) is 5.82 Å². The van der Waals surface area contributed by atoms with Crippen molar-refractivity contribution in [1.82, 2.24) is 4.98 Å². The number of nitrogen functional groups attached to an aromatic ring is 1. The van der Waals surface area contributed by atoms with Crippen LogP contribution in [0.2, 0.25) is 0 Å². The lowest BCUT2D eigenvalue weighted by Gasteiger charge is -2.39. The highest BCUT2D eigenvalue weighted by Gasteiger charge is 2.32. The minimum Gasteiger partial charge on any atom is -0.476 e. The molecule has 3 N–H and O–H groups in total. The maximum Gasteiger partial charge on any atom is 0.239 e. The molecule has 0 amide bonds. The van der Waals surface area contributed by atoms with Crippen LogP contribution in [0.15, 0.2) is 12.1 Å². The molecule has 3 rings (SSSR count). The minimum absolute atomic E-state index is 0.205. The molecule has 1 aromatic heterocycles. The molecule has 18 heavy (non-hydrogen) atoms. The van der Waals surface area contributed by atoms with E-state index in [1.54, 1.807) is 0 Å². The van der Waals surface area contributed by atoms with Crippen molar-refractivity contribution in [3.63, 3.8) is 0 Å². The van der Waals surface area contributed by atoms with Crippen molar-refractivity contribution < 1.29 is 4.74 Å². The van der Waals surface area contributed by atoms with Crippen molar-refractivity contribution in [1.29, 1.82) is 0 Å². The number of hydrogen-bond acceptors (Lipinski definition) is 4. The number of ether oxygens (including phenoxy) is 1. The van der Waals surface area contributed by atoms with E-state index in [2.05, 4.69) is 17.2 Å². The molecule has 0 radical (unpaired) electrons. The number of nitrogens with two attached hydrogens (primary N) is 1. The summed E-state index contributed by atoms with van der Waals surface area (Å²) in [5.41, 5.74) is 6.72. The first-order valence-corrected chi connectivity index (χ1v) is 6.82. The van der Waals surface area contributed by atoms with Gasteiger partial charge in [0.15, 0.2) is 0 Å². The standard InChI is InChI=1S/C14H21N3O/c1-14(7-2-8-14)17-12-6-5-11(15)13(16-12)18-9-10-3-4-10/h5-6,10H,2-4,7-9,15H2,1H3,(H,16,17). The van der Waals surface area contributed by atoms with Gasteiger partial charge in [0, 0.05) is 5.54 Å². The molecule has 0 bridgehead atoms. The van der Waals surface area contributed by atoms with Crippen LogP contribution in [0.1, 0.15) is 39.0 Å². The van der Waals surface area contributed by atoms with E-state index in [1.165, 1.54) is 32.1 Å². The highest BCUT2D eigenvalue weighted by molar-refractivity contribution is 5.54. The first kappa shape index (κ1) is 11.6. The normalized spacial score (nSPS) is 21.2. The predicted octanol–water partition coefficient (Wildman–Crippen LogP) is 2.81.